The summed E-state index contributed by atoms with van der Waals surface area (Å²) in [6.45, 7) is 3.34. The van der Waals surface area contributed by atoms with Crippen LogP contribution in [0.15, 0.2) is 43.0 Å². The standard InChI is InChI=1S/C10H12O/c1-2-8-11-9-10-6-4-3-5-7-10/h2-7H,1,8-9H2/i9D. The second-order valence-electron chi connectivity index (χ2n) is 2.15. The Morgan fingerprint density at radius 1 is 1.45 bits per heavy atom. The molecule has 0 amide bonds. The summed E-state index contributed by atoms with van der Waals surface area (Å²) >= 11 is 0. The Bertz CT molecular complexity index is 233. The van der Waals surface area contributed by atoms with Gasteiger partial charge in [-0.15, -0.1) is 6.58 Å². The van der Waals surface area contributed by atoms with Crippen molar-refractivity contribution in [3.05, 3.63) is 48.6 Å². The molecule has 0 aromatic heterocycles. The van der Waals surface area contributed by atoms with Crippen molar-refractivity contribution in [3.8, 4) is 0 Å². The van der Waals surface area contributed by atoms with Gasteiger partial charge in [0.1, 0.15) is 0 Å². The van der Waals surface area contributed by atoms with Crippen molar-refractivity contribution in [2.75, 3.05) is 6.61 Å². The normalized spacial score (nSPS) is 13.6. The summed E-state index contributed by atoms with van der Waals surface area (Å²) in [6, 6.07) is 9.47. The van der Waals surface area contributed by atoms with Gasteiger partial charge in [-0.2, -0.15) is 0 Å². The lowest BCUT2D eigenvalue weighted by atomic mass is 10.2. The first-order valence-corrected chi connectivity index (χ1v) is 3.54. The molecular weight excluding hydrogens is 136 g/mol. The zero-order valence-electron chi connectivity index (χ0n) is 7.36. The molecule has 1 nitrogen and oxygen atoms in total. The van der Waals surface area contributed by atoms with E-state index in [9.17, 15) is 0 Å². The molecule has 1 rings (SSSR count). The minimum absolute atomic E-state index is 0.420. The third kappa shape index (κ3) is 3.01. The summed E-state index contributed by atoms with van der Waals surface area (Å²) in [5.74, 6) is 0. The Labute approximate surface area is 68.7 Å². The first-order valence-electron chi connectivity index (χ1n) is 4.12. The van der Waals surface area contributed by atoms with Crippen molar-refractivity contribution in [2.45, 2.75) is 6.58 Å². The van der Waals surface area contributed by atoms with Gasteiger partial charge in [0.2, 0.25) is 0 Å². The highest BCUT2D eigenvalue weighted by atomic mass is 16.5. The summed E-state index contributed by atoms with van der Waals surface area (Å²) in [5, 5.41) is 0. The van der Waals surface area contributed by atoms with E-state index in [2.05, 4.69) is 6.58 Å². The molecular formula is C10H12O. The first-order chi connectivity index (χ1) is 5.84. The van der Waals surface area contributed by atoms with Gasteiger partial charge >= 0.3 is 0 Å². The molecule has 1 aromatic rings. The molecule has 0 saturated carbocycles. The minimum Gasteiger partial charge on any atom is -0.373 e. The van der Waals surface area contributed by atoms with E-state index in [1.54, 1.807) is 6.08 Å². The maximum absolute atomic E-state index is 7.55. The monoisotopic (exact) mass is 149 g/mol. The van der Waals surface area contributed by atoms with Gasteiger partial charge in [0.05, 0.1) is 14.6 Å². The van der Waals surface area contributed by atoms with Gasteiger partial charge in [-0.1, -0.05) is 36.4 Å². The van der Waals surface area contributed by atoms with Crippen LogP contribution in [0.4, 0.5) is 0 Å². The molecule has 0 radical (unpaired) electrons. The highest BCUT2D eigenvalue weighted by Gasteiger charge is 1.87. The topological polar surface area (TPSA) is 9.23 Å². The highest BCUT2D eigenvalue weighted by Crippen LogP contribution is 1.99. The fourth-order valence-corrected chi connectivity index (χ4v) is 0.744. The van der Waals surface area contributed by atoms with Gasteiger partial charge in [-0.25, -0.2) is 0 Å². The van der Waals surface area contributed by atoms with Crippen LogP contribution < -0.4 is 0 Å². The van der Waals surface area contributed by atoms with E-state index in [0.29, 0.717) is 6.61 Å². The number of hydrogen-bond donors (Lipinski definition) is 0. The summed E-state index contributed by atoms with van der Waals surface area (Å²) < 4.78 is 12.7. The number of hydrogen-bond acceptors (Lipinski definition) is 1. The molecule has 0 fully saturated rings. The van der Waals surface area contributed by atoms with Gasteiger partial charge in [0.15, 0.2) is 0 Å². The smallest absolute Gasteiger partial charge is 0.0721 e. The van der Waals surface area contributed by atoms with Crippen molar-refractivity contribution in [2.24, 2.45) is 0 Å². The van der Waals surface area contributed by atoms with Crippen LogP contribution in [0.1, 0.15) is 6.93 Å². The Hall–Kier alpha value is -1.08. The maximum atomic E-state index is 7.55. The van der Waals surface area contributed by atoms with Crippen LogP contribution in [0.25, 0.3) is 0 Å². The average Bonchev–Trinajstić information content (AvgIpc) is 2.15. The highest BCUT2D eigenvalue weighted by molar-refractivity contribution is 5.13. The Kier molecular flexibility index (Phi) is 2.82. The lowest BCUT2D eigenvalue weighted by Gasteiger charge is -1.99. The molecule has 0 heterocycles. The quantitative estimate of drug-likeness (QED) is 0.597. The molecule has 0 saturated heterocycles. The van der Waals surface area contributed by atoms with E-state index in [4.69, 9.17) is 6.11 Å². The number of ether oxygens (including phenoxy) is 1. The molecule has 0 bridgehead atoms. The molecule has 1 unspecified atom stereocenters. The Balaban J connectivity index is 2.53. The number of rotatable bonds is 4. The zero-order valence-corrected chi connectivity index (χ0v) is 6.36. The van der Waals surface area contributed by atoms with Gasteiger partial charge in [-0.05, 0) is 5.56 Å². The fraction of sp³-hybridized carbons (Fsp3) is 0.200. The zero-order chi connectivity index (χ0) is 8.81. The summed E-state index contributed by atoms with van der Waals surface area (Å²) in [4.78, 5) is 0. The van der Waals surface area contributed by atoms with Crippen LogP contribution in [-0.2, 0) is 11.3 Å². The van der Waals surface area contributed by atoms with Crippen molar-refractivity contribution in [3.63, 3.8) is 0 Å². The third-order valence-corrected chi connectivity index (χ3v) is 1.23. The molecule has 0 spiro atoms. The molecule has 0 aliphatic heterocycles. The van der Waals surface area contributed by atoms with Crippen molar-refractivity contribution < 1.29 is 6.11 Å². The summed E-state index contributed by atoms with van der Waals surface area (Å²) in [7, 11) is 0. The first kappa shape index (κ1) is 6.62. The van der Waals surface area contributed by atoms with E-state index in [1.165, 1.54) is 0 Å². The van der Waals surface area contributed by atoms with Crippen LogP contribution in [0.5, 0.6) is 0 Å². The molecule has 1 atom stereocenters. The second kappa shape index (κ2) is 4.69. The molecule has 1 aromatic carbocycles. The van der Waals surface area contributed by atoms with Crippen molar-refractivity contribution in [1.29, 1.82) is 0 Å². The van der Waals surface area contributed by atoms with Gasteiger partial charge in [0.25, 0.3) is 0 Å². The largest absolute Gasteiger partial charge is 0.373 e. The van der Waals surface area contributed by atoms with Crippen LogP contribution in [0.3, 0.4) is 0 Å². The average molecular weight is 149 g/mol. The predicted octanol–water partition coefficient (Wildman–Crippen LogP) is 2.39. The Morgan fingerprint density at radius 2 is 2.18 bits per heavy atom. The van der Waals surface area contributed by atoms with E-state index < -0.39 is 6.58 Å². The SMILES string of the molecule is [2H]C(OCC=C)c1ccccc1. The predicted molar refractivity (Wildman–Crippen MR) is 46.3 cm³/mol. The summed E-state index contributed by atoms with van der Waals surface area (Å²) in [5.41, 5.74) is 0.874. The van der Waals surface area contributed by atoms with Gasteiger partial charge in [0, 0.05) is 0 Å². The van der Waals surface area contributed by atoms with Crippen LogP contribution in [-0.4, -0.2) is 6.61 Å². The van der Waals surface area contributed by atoms with Crippen LogP contribution in [0.2, 0.25) is 0 Å². The minimum atomic E-state index is -0.593. The second-order valence-corrected chi connectivity index (χ2v) is 2.15. The molecule has 0 aliphatic carbocycles. The number of benzene rings is 1. The molecule has 1 heteroatoms. The van der Waals surface area contributed by atoms with Crippen molar-refractivity contribution in [1.82, 2.24) is 0 Å². The van der Waals surface area contributed by atoms with E-state index in [0.717, 1.165) is 5.56 Å². The molecule has 11 heavy (non-hydrogen) atoms. The Morgan fingerprint density at radius 3 is 2.82 bits per heavy atom. The van der Waals surface area contributed by atoms with Gasteiger partial charge in [-0.3, -0.25) is 0 Å². The molecule has 58 valence electrons. The van der Waals surface area contributed by atoms with Crippen LogP contribution in [0, 0.1) is 0 Å². The van der Waals surface area contributed by atoms with Gasteiger partial charge < -0.3 is 4.74 Å². The van der Waals surface area contributed by atoms with Crippen molar-refractivity contribution >= 4 is 0 Å². The van der Waals surface area contributed by atoms with E-state index >= 15 is 0 Å². The summed E-state index contributed by atoms with van der Waals surface area (Å²) in [6.07, 6.45) is 1.64. The molecule has 0 N–H and O–H groups in total. The fourth-order valence-electron chi connectivity index (χ4n) is 0.744. The lowest BCUT2D eigenvalue weighted by molar-refractivity contribution is 0.149. The lowest BCUT2D eigenvalue weighted by Crippen LogP contribution is -1.91. The third-order valence-electron chi connectivity index (χ3n) is 1.23. The molecule has 0 aliphatic rings. The van der Waals surface area contributed by atoms with Crippen LogP contribution >= 0.6 is 0 Å². The van der Waals surface area contributed by atoms with E-state index in [-0.39, 0.29) is 0 Å². The van der Waals surface area contributed by atoms with E-state index in [1.807, 2.05) is 30.3 Å². The maximum Gasteiger partial charge on any atom is 0.0721 e.